The molecule has 1 amide bonds. The Morgan fingerprint density at radius 2 is 1.68 bits per heavy atom. The van der Waals surface area contributed by atoms with Crippen LogP contribution in [0.5, 0.6) is 0 Å². The van der Waals surface area contributed by atoms with Gasteiger partial charge in [0.15, 0.2) is 9.84 Å². The summed E-state index contributed by atoms with van der Waals surface area (Å²) in [5.74, 6) is 3.31. The maximum atomic E-state index is 13.1. The van der Waals surface area contributed by atoms with Gasteiger partial charge in [0.05, 0.1) is 11.5 Å². The largest absolute Gasteiger partial charge is 0.468 e. The van der Waals surface area contributed by atoms with Gasteiger partial charge in [-0.25, -0.2) is 8.42 Å². The summed E-state index contributed by atoms with van der Waals surface area (Å²) in [4.78, 5) is 15.0. The number of carbonyl (C=O) groups excluding carboxylic acids is 1. The maximum absolute atomic E-state index is 13.1. The lowest BCUT2D eigenvalue weighted by Gasteiger charge is -2.57. The van der Waals surface area contributed by atoms with Gasteiger partial charge in [-0.15, -0.1) is 0 Å². The van der Waals surface area contributed by atoms with Crippen LogP contribution in [-0.2, 0) is 20.4 Å². The minimum absolute atomic E-state index is 0.0358. The molecule has 5 nitrogen and oxygen atoms in total. The van der Waals surface area contributed by atoms with Crippen LogP contribution in [0.3, 0.4) is 0 Å². The van der Waals surface area contributed by atoms with Crippen molar-refractivity contribution in [3.8, 4) is 0 Å². The van der Waals surface area contributed by atoms with Crippen molar-refractivity contribution in [3.05, 3.63) is 24.2 Å². The highest BCUT2D eigenvalue weighted by Crippen LogP contribution is 2.61. The fourth-order valence-corrected chi connectivity index (χ4v) is 8.84. The predicted molar refractivity (Wildman–Crippen MR) is 106 cm³/mol. The summed E-state index contributed by atoms with van der Waals surface area (Å²) in [6.45, 7) is 1.15. The number of piperidine rings is 1. The topological polar surface area (TPSA) is 67.6 Å². The number of amides is 1. The Kier molecular flexibility index (Phi) is 4.61. The molecule has 0 aromatic carbocycles. The van der Waals surface area contributed by atoms with Crippen molar-refractivity contribution in [2.24, 2.45) is 23.2 Å². The lowest BCUT2D eigenvalue weighted by molar-refractivity contribution is -0.140. The first-order chi connectivity index (χ1) is 13.4. The van der Waals surface area contributed by atoms with Crippen LogP contribution in [0.4, 0.5) is 0 Å². The molecule has 6 rings (SSSR count). The Hall–Kier alpha value is -1.30. The van der Waals surface area contributed by atoms with Crippen LogP contribution in [0, 0.1) is 23.2 Å². The Labute approximate surface area is 167 Å². The molecule has 0 radical (unpaired) electrons. The number of carbonyl (C=O) groups is 1. The van der Waals surface area contributed by atoms with Crippen LogP contribution in [0.2, 0.25) is 0 Å². The Balaban J connectivity index is 1.17. The van der Waals surface area contributed by atoms with Crippen LogP contribution in [0.15, 0.2) is 22.8 Å². The van der Waals surface area contributed by atoms with Gasteiger partial charge in [0, 0.05) is 19.5 Å². The molecule has 28 heavy (non-hydrogen) atoms. The summed E-state index contributed by atoms with van der Waals surface area (Å²) in [5, 5.41) is -0.360. The van der Waals surface area contributed by atoms with Gasteiger partial charge in [0.1, 0.15) is 11.5 Å². The second-order valence-corrected chi connectivity index (χ2v) is 12.3. The first kappa shape index (κ1) is 18.7. The first-order valence-corrected chi connectivity index (χ1v) is 12.6. The molecule has 0 N–H and O–H groups in total. The summed E-state index contributed by atoms with van der Waals surface area (Å²) in [6, 6.07) is 3.43. The molecule has 5 fully saturated rings. The third kappa shape index (κ3) is 3.53. The van der Waals surface area contributed by atoms with Gasteiger partial charge in [0.2, 0.25) is 5.91 Å². The van der Waals surface area contributed by atoms with E-state index in [0.29, 0.717) is 38.1 Å². The van der Waals surface area contributed by atoms with Gasteiger partial charge < -0.3 is 9.32 Å². The lowest BCUT2D eigenvalue weighted by Crippen LogP contribution is -2.49. The number of nitrogens with zero attached hydrogens (tertiary/aromatic N) is 1. The molecular formula is C22H31NO4S. The van der Waals surface area contributed by atoms with E-state index in [1.807, 2.05) is 4.90 Å². The Morgan fingerprint density at radius 1 is 1.07 bits per heavy atom. The number of hydrogen-bond acceptors (Lipinski definition) is 4. The number of sulfone groups is 1. The molecule has 6 heteroatoms. The van der Waals surface area contributed by atoms with Gasteiger partial charge in [0.25, 0.3) is 0 Å². The molecule has 4 bridgehead atoms. The van der Waals surface area contributed by atoms with Crippen molar-refractivity contribution in [1.82, 2.24) is 4.90 Å². The van der Waals surface area contributed by atoms with E-state index in [2.05, 4.69) is 0 Å². The smallest absolute Gasteiger partial charge is 0.223 e. The predicted octanol–water partition coefficient (Wildman–Crippen LogP) is 3.79. The molecule has 4 aliphatic carbocycles. The summed E-state index contributed by atoms with van der Waals surface area (Å²) >= 11 is 0. The third-order valence-electron chi connectivity index (χ3n) is 7.92. The van der Waals surface area contributed by atoms with Crippen LogP contribution >= 0.6 is 0 Å². The minimum Gasteiger partial charge on any atom is -0.468 e. The van der Waals surface area contributed by atoms with Gasteiger partial charge >= 0.3 is 0 Å². The zero-order valence-corrected chi connectivity index (χ0v) is 17.3. The van der Waals surface area contributed by atoms with Crippen molar-refractivity contribution in [2.45, 2.75) is 68.8 Å². The molecule has 0 unspecified atom stereocenters. The summed E-state index contributed by atoms with van der Waals surface area (Å²) in [6.07, 6.45) is 11.2. The molecule has 5 aliphatic rings. The summed E-state index contributed by atoms with van der Waals surface area (Å²) in [5.41, 5.74) is 0.258. The van der Waals surface area contributed by atoms with Crippen molar-refractivity contribution in [2.75, 3.05) is 13.1 Å². The normalized spacial score (nSPS) is 35.4. The average Bonchev–Trinajstić information content (AvgIpc) is 3.12. The van der Waals surface area contributed by atoms with E-state index in [0.717, 1.165) is 17.8 Å². The maximum Gasteiger partial charge on any atom is 0.223 e. The van der Waals surface area contributed by atoms with Crippen LogP contribution in [0.1, 0.15) is 63.5 Å². The number of furan rings is 1. The van der Waals surface area contributed by atoms with Crippen molar-refractivity contribution >= 4 is 15.7 Å². The molecule has 154 valence electrons. The molecule has 2 heterocycles. The van der Waals surface area contributed by atoms with Crippen molar-refractivity contribution in [3.63, 3.8) is 0 Å². The molecule has 1 aliphatic heterocycles. The summed E-state index contributed by atoms with van der Waals surface area (Å²) in [7, 11) is -3.23. The molecular weight excluding hydrogens is 374 g/mol. The molecule has 1 aromatic rings. The van der Waals surface area contributed by atoms with Gasteiger partial charge in [-0.3, -0.25) is 4.79 Å². The van der Waals surface area contributed by atoms with Gasteiger partial charge in [-0.2, -0.15) is 0 Å². The third-order valence-corrected chi connectivity index (χ3v) is 10.1. The minimum atomic E-state index is -3.23. The van der Waals surface area contributed by atoms with E-state index >= 15 is 0 Å². The first-order valence-electron chi connectivity index (χ1n) is 10.9. The lowest BCUT2D eigenvalue weighted by atomic mass is 9.49. The van der Waals surface area contributed by atoms with E-state index in [1.165, 1.54) is 44.8 Å². The fourth-order valence-electron chi connectivity index (χ4n) is 7.11. The van der Waals surface area contributed by atoms with Crippen LogP contribution < -0.4 is 0 Å². The van der Waals surface area contributed by atoms with Crippen molar-refractivity contribution < 1.29 is 17.6 Å². The second kappa shape index (κ2) is 6.89. The fraction of sp³-hybridized carbons (Fsp3) is 0.773. The molecule has 1 saturated heterocycles. The molecule has 0 atom stereocenters. The average molecular weight is 406 g/mol. The number of hydrogen-bond donors (Lipinski definition) is 0. The number of likely N-dealkylation sites (tertiary alicyclic amines) is 1. The highest BCUT2D eigenvalue weighted by molar-refractivity contribution is 7.91. The van der Waals surface area contributed by atoms with E-state index in [4.69, 9.17) is 4.42 Å². The number of rotatable bonds is 5. The monoisotopic (exact) mass is 405 g/mol. The van der Waals surface area contributed by atoms with Gasteiger partial charge in [-0.1, -0.05) is 0 Å². The van der Waals surface area contributed by atoms with Crippen LogP contribution in [-0.4, -0.2) is 37.6 Å². The SMILES string of the molecule is O=C(CC12CC3CC(CC(C3)C1)C2)N1CCC(S(=O)(=O)Cc2ccco2)CC1. The van der Waals surface area contributed by atoms with Crippen LogP contribution in [0.25, 0.3) is 0 Å². The highest BCUT2D eigenvalue weighted by atomic mass is 32.2. The van der Waals surface area contributed by atoms with E-state index in [9.17, 15) is 13.2 Å². The molecule has 0 spiro atoms. The van der Waals surface area contributed by atoms with E-state index in [-0.39, 0.29) is 22.3 Å². The summed E-state index contributed by atoms with van der Waals surface area (Å²) < 4.78 is 30.5. The quantitative estimate of drug-likeness (QED) is 0.747. The van der Waals surface area contributed by atoms with E-state index in [1.54, 1.807) is 12.1 Å². The highest BCUT2D eigenvalue weighted by Gasteiger charge is 2.51. The van der Waals surface area contributed by atoms with Gasteiger partial charge in [-0.05, 0) is 86.7 Å². The zero-order chi connectivity index (χ0) is 19.4. The zero-order valence-electron chi connectivity index (χ0n) is 16.5. The van der Waals surface area contributed by atoms with E-state index < -0.39 is 9.84 Å². The second-order valence-electron chi connectivity index (χ2n) is 10.1. The molecule has 1 aromatic heterocycles. The Morgan fingerprint density at radius 3 is 2.21 bits per heavy atom. The molecule has 4 saturated carbocycles. The van der Waals surface area contributed by atoms with Crippen molar-refractivity contribution in [1.29, 1.82) is 0 Å². The standard InChI is InChI=1S/C22H31NO4S/c24-21(14-22-11-16-8-17(12-22)10-18(9-16)13-22)23-5-3-20(4-6-23)28(25,26)15-19-2-1-7-27-19/h1-2,7,16-18,20H,3-6,8-15H2. The Bertz CT molecular complexity index is 785.